The summed E-state index contributed by atoms with van der Waals surface area (Å²) in [5.74, 6) is 0.918. The molecule has 1 atom stereocenters. The molecule has 0 fully saturated rings. The maximum atomic E-state index is 11.6. The van der Waals surface area contributed by atoms with Crippen molar-refractivity contribution in [2.75, 3.05) is 0 Å². The second-order valence-electron chi connectivity index (χ2n) is 4.24. The lowest BCUT2D eigenvalue weighted by molar-refractivity contribution is -0.135. The predicted molar refractivity (Wildman–Crippen MR) is 65.4 cm³/mol. The van der Waals surface area contributed by atoms with E-state index in [1.807, 2.05) is 18.2 Å². The molecule has 88 valence electrons. The number of hydrogen-bond donors (Lipinski definition) is 0. The number of unbranched alkanes of at least 4 members (excludes halogenated alkanes) is 1. The van der Waals surface area contributed by atoms with Crippen LogP contribution in [0.1, 0.15) is 39.5 Å². The van der Waals surface area contributed by atoms with Gasteiger partial charge in [-0.25, -0.2) is 0 Å². The topological polar surface area (TPSA) is 26.3 Å². The van der Waals surface area contributed by atoms with Gasteiger partial charge < -0.3 is 4.74 Å². The van der Waals surface area contributed by atoms with E-state index in [9.17, 15) is 4.79 Å². The third-order valence-electron chi connectivity index (χ3n) is 2.54. The lowest BCUT2D eigenvalue weighted by Crippen LogP contribution is -2.12. The Morgan fingerprint density at radius 2 is 2.00 bits per heavy atom. The van der Waals surface area contributed by atoms with Crippen LogP contribution in [-0.2, 0) is 4.79 Å². The fourth-order valence-electron chi connectivity index (χ4n) is 1.60. The number of carbonyl (C=O) groups excluding carboxylic acids is 1. The summed E-state index contributed by atoms with van der Waals surface area (Å²) in [6.07, 6.45) is 3.97. The van der Waals surface area contributed by atoms with Crippen LogP contribution in [0.2, 0.25) is 0 Å². The van der Waals surface area contributed by atoms with Gasteiger partial charge in [-0.2, -0.15) is 0 Å². The van der Waals surface area contributed by atoms with E-state index in [2.05, 4.69) is 13.8 Å². The van der Waals surface area contributed by atoms with Crippen molar-refractivity contribution >= 4 is 5.97 Å². The van der Waals surface area contributed by atoms with Gasteiger partial charge in [-0.1, -0.05) is 51.3 Å². The molecule has 0 spiro atoms. The van der Waals surface area contributed by atoms with Gasteiger partial charge in [0.2, 0.25) is 0 Å². The summed E-state index contributed by atoms with van der Waals surface area (Å²) in [4.78, 5) is 11.6. The number of carbonyl (C=O) groups is 1. The average molecular weight is 220 g/mol. The van der Waals surface area contributed by atoms with Crippen LogP contribution in [-0.4, -0.2) is 5.97 Å². The predicted octanol–water partition coefficient (Wildman–Crippen LogP) is 3.81. The standard InChI is InChI=1S/C14H20O2/c1-3-4-8-12(2)11-14(15)16-13-9-6-5-7-10-13/h5-7,9-10,12H,3-4,8,11H2,1-2H3. The van der Waals surface area contributed by atoms with Crippen molar-refractivity contribution in [1.29, 1.82) is 0 Å². The van der Waals surface area contributed by atoms with Gasteiger partial charge in [-0.3, -0.25) is 4.79 Å². The molecule has 2 nitrogen and oxygen atoms in total. The third-order valence-corrected chi connectivity index (χ3v) is 2.54. The minimum Gasteiger partial charge on any atom is -0.427 e. The molecule has 1 rings (SSSR count). The lowest BCUT2D eigenvalue weighted by atomic mass is 10.0. The van der Waals surface area contributed by atoms with Crippen LogP contribution in [0.5, 0.6) is 5.75 Å². The van der Waals surface area contributed by atoms with Gasteiger partial charge in [0.25, 0.3) is 0 Å². The highest BCUT2D eigenvalue weighted by atomic mass is 16.5. The smallest absolute Gasteiger partial charge is 0.311 e. The summed E-state index contributed by atoms with van der Waals surface area (Å²) in [6.45, 7) is 4.26. The van der Waals surface area contributed by atoms with E-state index in [4.69, 9.17) is 4.74 Å². The zero-order valence-corrected chi connectivity index (χ0v) is 10.1. The molecule has 0 heterocycles. The van der Waals surface area contributed by atoms with E-state index in [0.29, 0.717) is 18.1 Å². The zero-order chi connectivity index (χ0) is 11.8. The number of benzene rings is 1. The number of esters is 1. The van der Waals surface area contributed by atoms with E-state index >= 15 is 0 Å². The van der Waals surface area contributed by atoms with E-state index in [1.165, 1.54) is 12.8 Å². The third kappa shape index (κ3) is 4.96. The van der Waals surface area contributed by atoms with Crippen molar-refractivity contribution in [1.82, 2.24) is 0 Å². The molecule has 0 aliphatic rings. The molecule has 1 aromatic carbocycles. The molecule has 0 saturated heterocycles. The number of ether oxygens (including phenoxy) is 1. The van der Waals surface area contributed by atoms with Gasteiger partial charge in [0, 0.05) is 6.42 Å². The number of hydrogen-bond acceptors (Lipinski definition) is 2. The fraction of sp³-hybridized carbons (Fsp3) is 0.500. The van der Waals surface area contributed by atoms with Crippen LogP contribution in [0.25, 0.3) is 0 Å². The molecular weight excluding hydrogens is 200 g/mol. The maximum absolute atomic E-state index is 11.6. The SMILES string of the molecule is CCCCC(C)CC(=O)Oc1ccccc1. The molecule has 0 aliphatic carbocycles. The maximum Gasteiger partial charge on any atom is 0.311 e. The largest absolute Gasteiger partial charge is 0.427 e. The average Bonchev–Trinajstić information content (AvgIpc) is 2.27. The van der Waals surface area contributed by atoms with Crippen molar-refractivity contribution in [3.63, 3.8) is 0 Å². The first-order chi connectivity index (χ1) is 7.72. The van der Waals surface area contributed by atoms with Crippen LogP contribution in [0.15, 0.2) is 30.3 Å². The molecule has 0 amide bonds. The molecule has 1 aromatic rings. The molecule has 2 heteroatoms. The molecule has 0 aliphatic heterocycles. The highest BCUT2D eigenvalue weighted by Gasteiger charge is 2.10. The summed E-state index contributed by atoms with van der Waals surface area (Å²) in [7, 11) is 0. The Bertz CT molecular complexity index is 306. The Morgan fingerprint density at radius 3 is 2.62 bits per heavy atom. The highest BCUT2D eigenvalue weighted by Crippen LogP contribution is 2.15. The van der Waals surface area contributed by atoms with Crippen LogP contribution >= 0.6 is 0 Å². The highest BCUT2D eigenvalue weighted by molar-refractivity contribution is 5.72. The summed E-state index contributed by atoms with van der Waals surface area (Å²) >= 11 is 0. The minimum atomic E-state index is -0.130. The molecule has 1 unspecified atom stereocenters. The fourth-order valence-corrected chi connectivity index (χ4v) is 1.60. The van der Waals surface area contributed by atoms with E-state index in [1.54, 1.807) is 12.1 Å². The zero-order valence-electron chi connectivity index (χ0n) is 10.1. The Labute approximate surface area is 97.6 Å². The summed E-state index contributed by atoms with van der Waals surface area (Å²) in [5, 5.41) is 0. The van der Waals surface area contributed by atoms with Gasteiger partial charge in [-0.15, -0.1) is 0 Å². The first kappa shape index (κ1) is 12.8. The normalized spacial score (nSPS) is 12.1. The van der Waals surface area contributed by atoms with Gasteiger partial charge in [-0.05, 0) is 18.1 Å². The Kier molecular flexibility index (Phi) is 5.62. The Morgan fingerprint density at radius 1 is 1.31 bits per heavy atom. The molecule has 0 saturated carbocycles. The van der Waals surface area contributed by atoms with Gasteiger partial charge in [0.15, 0.2) is 0 Å². The lowest BCUT2D eigenvalue weighted by Gasteiger charge is -2.09. The second kappa shape index (κ2) is 7.04. The molecule has 0 bridgehead atoms. The van der Waals surface area contributed by atoms with E-state index < -0.39 is 0 Å². The molecule has 16 heavy (non-hydrogen) atoms. The van der Waals surface area contributed by atoms with Crippen molar-refractivity contribution in [3.05, 3.63) is 30.3 Å². The summed E-state index contributed by atoms with van der Waals surface area (Å²) < 4.78 is 5.23. The summed E-state index contributed by atoms with van der Waals surface area (Å²) in [6, 6.07) is 9.23. The first-order valence-electron chi connectivity index (χ1n) is 5.98. The van der Waals surface area contributed by atoms with Crippen LogP contribution in [0, 0.1) is 5.92 Å². The number of rotatable bonds is 6. The van der Waals surface area contributed by atoms with Crippen LogP contribution in [0.3, 0.4) is 0 Å². The molecule has 0 aromatic heterocycles. The molecular formula is C14H20O2. The van der Waals surface area contributed by atoms with Crippen molar-refractivity contribution in [2.45, 2.75) is 39.5 Å². The quantitative estimate of drug-likeness (QED) is 0.538. The van der Waals surface area contributed by atoms with Crippen molar-refractivity contribution in [3.8, 4) is 5.75 Å². The van der Waals surface area contributed by atoms with Gasteiger partial charge >= 0.3 is 5.97 Å². The summed E-state index contributed by atoms with van der Waals surface area (Å²) in [5.41, 5.74) is 0. The molecule has 0 N–H and O–H groups in total. The van der Waals surface area contributed by atoms with Crippen molar-refractivity contribution < 1.29 is 9.53 Å². The Balaban J connectivity index is 2.31. The van der Waals surface area contributed by atoms with Gasteiger partial charge in [0.05, 0.1) is 0 Å². The van der Waals surface area contributed by atoms with Crippen LogP contribution in [0.4, 0.5) is 0 Å². The van der Waals surface area contributed by atoms with Gasteiger partial charge in [0.1, 0.15) is 5.75 Å². The van der Waals surface area contributed by atoms with Crippen LogP contribution < -0.4 is 4.74 Å². The Hall–Kier alpha value is -1.31. The van der Waals surface area contributed by atoms with E-state index in [-0.39, 0.29) is 5.97 Å². The number of para-hydroxylation sites is 1. The van der Waals surface area contributed by atoms with Crippen molar-refractivity contribution in [2.24, 2.45) is 5.92 Å². The second-order valence-corrected chi connectivity index (χ2v) is 4.24. The van der Waals surface area contributed by atoms with E-state index in [0.717, 1.165) is 6.42 Å². The minimum absolute atomic E-state index is 0.130. The monoisotopic (exact) mass is 220 g/mol. The first-order valence-corrected chi connectivity index (χ1v) is 5.98. The molecule has 0 radical (unpaired) electrons.